The van der Waals surface area contributed by atoms with Gasteiger partial charge in [0.25, 0.3) is 0 Å². The van der Waals surface area contributed by atoms with Gasteiger partial charge in [0.05, 0.1) is 18.6 Å². The predicted octanol–water partition coefficient (Wildman–Crippen LogP) is -3.26. The molecule has 148 valence electrons. The second kappa shape index (κ2) is 7.94. The van der Waals surface area contributed by atoms with E-state index in [0.717, 1.165) is 0 Å². The van der Waals surface area contributed by atoms with Crippen molar-refractivity contribution in [3.05, 3.63) is 12.7 Å². The van der Waals surface area contributed by atoms with Crippen molar-refractivity contribution < 1.29 is 24.9 Å². The number of hydrogen-bond donors (Lipinski definition) is 4. The number of aliphatic hydroxyl groups is 2. The number of aliphatic hydroxyl groups excluding tert-OH is 2. The third-order valence-electron chi connectivity index (χ3n) is 4.53. The third kappa shape index (κ3) is 3.99. The van der Waals surface area contributed by atoms with E-state index in [1.807, 2.05) is 6.26 Å². The van der Waals surface area contributed by atoms with Crippen molar-refractivity contribution in [3.63, 3.8) is 0 Å². The van der Waals surface area contributed by atoms with Crippen LogP contribution in [0.4, 0.5) is 5.82 Å². The highest BCUT2D eigenvalue weighted by molar-refractivity contribution is 7.96. The van der Waals surface area contributed by atoms with E-state index in [2.05, 4.69) is 15.0 Å². The van der Waals surface area contributed by atoms with Crippen LogP contribution in [0.25, 0.3) is 11.2 Å². The summed E-state index contributed by atoms with van der Waals surface area (Å²) in [4.78, 5) is 22.8. The summed E-state index contributed by atoms with van der Waals surface area (Å²) in [7, 11) is -0.263. The second-order valence-electron chi connectivity index (χ2n) is 6.50. The number of nitrogen functional groups attached to an aromatic ring is 1. The number of nitrogens with two attached hydrogens (primary N) is 2. The smallest absolute Gasteiger partial charge is 0.167 e. The van der Waals surface area contributed by atoms with Crippen molar-refractivity contribution in [2.24, 2.45) is 5.73 Å². The number of hydrogen-bond acceptors (Lipinski definition) is 10. The number of carboxylic acid groups (broad SMARTS) is 1. The molecule has 27 heavy (non-hydrogen) atoms. The van der Waals surface area contributed by atoms with Crippen LogP contribution in [0.2, 0.25) is 0 Å². The van der Waals surface area contributed by atoms with E-state index in [1.165, 1.54) is 17.2 Å². The van der Waals surface area contributed by atoms with Gasteiger partial charge < -0.3 is 36.3 Å². The molecule has 12 heteroatoms. The lowest BCUT2D eigenvalue weighted by molar-refractivity contribution is -0.307. The fourth-order valence-corrected chi connectivity index (χ4v) is 4.62. The van der Waals surface area contributed by atoms with Crippen LogP contribution in [-0.4, -0.2) is 77.8 Å². The lowest BCUT2D eigenvalue weighted by Crippen LogP contribution is -2.43. The first-order valence-electron chi connectivity index (χ1n) is 8.29. The Hall–Kier alpha value is -1.99. The summed E-state index contributed by atoms with van der Waals surface area (Å²) in [5.41, 5.74) is 12.0. The zero-order valence-electron chi connectivity index (χ0n) is 14.6. The molecule has 0 bridgehead atoms. The van der Waals surface area contributed by atoms with Gasteiger partial charge in [-0.1, -0.05) is 0 Å². The van der Waals surface area contributed by atoms with Crippen LogP contribution < -0.4 is 16.6 Å². The summed E-state index contributed by atoms with van der Waals surface area (Å²) in [6, 6.07) is -1.02. The molecule has 6 N–H and O–H groups in total. The topological polar surface area (TPSA) is 185 Å². The van der Waals surface area contributed by atoms with Gasteiger partial charge >= 0.3 is 0 Å². The quantitative estimate of drug-likeness (QED) is 0.344. The zero-order chi connectivity index (χ0) is 19.7. The summed E-state index contributed by atoms with van der Waals surface area (Å²) in [6.07, 6.45) is 1.17. The van der Waals surface area contributed by atoms with E-state index in [9.17, 15) is 20.1 Å². The van der Waals surface area contributed by atoms with Crippen molar-refractivity contribution >= 4 is 33.8 Å². The van der Waals surface area contributed by atoms with Crippen molar-refractivity contribution in [2.45, 2.75) is 37.0 Å². The molecule has 0 aliphatic carbocycles. The molecule has 3 heterocycles. The highest BCUT2D eigenvalue weighted by Gasteiger charge is 2.46. The highest BCUT2D eigenvalue weighted by Crippen LogP contribution is 2.32. The van der Waals surface area contributed by atoms with Gasteiger partial charge in [-0.3, -0.25) is 4.57 Å². The molecule has 1 aliphatic heterocycles. The second-order valence-corrected chi connectivity index (χ2v) is 8.80. The monoisotopic (exact) mass is 400 g/mol. The minimum atomic E-state index is -1.28. The van der Waals surface area contributed by atoms with Gasteiger partial charge in [-0.15, -0.1) is 0 Å². The van der Waals surface area contributed by atoms with Crippen LogP contribution in [0.1, 0.15) is 12.6 Å². The predicted molar refractivity (Wildman–Crippen MR) is 96.3 cm³/mol. The van der Waals surface area contributed by atoms with E-state index in [0.29, 0.717) is 22.7 Å². The molecule has 2 aromatic heterocycles. The maximum Gasteiger partial charge on any atom is 0.167 e. The average Bonchev–Trinajstić information content (AvgIpc) is 3.17. The van der Waals surface area contributed by atoms with Gasteiger partial charge in [-0.25, -0.2) is 15.0 Å². The molecule has 1 saturated heterocycles. The summed E-state index contributed by atoms with van der Waals surface area (Å²) in [5, 5.41) is 31.5. The van der Waals surface area contributed by atoms with E-state index in [4.69, 9.17) is 16.2 Å². The fourth-order valence-electron chi connectivity index (χ4n) is 2.96. The molecule has 2 aromatic rings. The number of anilines is 1. The van der Waals surface area contributed by atoms with Crippen molar-refractivity contribution in [3.8, 4) is 0 Å². The minimum Gasteiger partial charge on any atom is -0.548 e. The Kier molecular flexibility index (Phi) is 5.81. The largest absolute Gasteiger partial charge is 0.548 e. The first kappa shape index (κ1) is 19.8. The Bertz CT molecular complexity index is 819. The number of aliphatic carboxylic acids is 1. The van der Waals surface area contributed by atoms with E-state index < -0.39 is 36.6 Å². The Labute approximate surface area is 157 Å². The fraction of sp³-hybridized carbons (Fsp3) is 0.600. The van der Waals surface area contributed by atoms with Crippen LogP contribution in [0.5, 0.6) is 0 Å². The number of rotatable bonds is 7. The number of carboxylic acids is 1. The summed E-state index contributed by atoms with van der Waals surface area (Å²) < 4.78 is 7.39. The Morgan fingerprint density at radius 2 is 2.22 bits per heavy atom. The summed E-state index contributed by atoms with van der Waals surface area (Å²) >= 11 is 0. The molecular formula is C15H22N6O5S. The van der Waals surface area contributed by atoms with Crippen molar-refractivity contribution in [1.82, 2.24) is 19.5 Å². The van der Waals surface area contributed by atoms with Gasteiger partial charge in [0, 0.05) is 12.5 Å². The SMILES string of the molecule is C[S+](CC[C@H](N)C(=O)[O-])C[C@H]1O[14C@@H](n2cnc3c(N)ncnc32)[C@H](O)[C@@H]1O. The lowest BCUT2D eigenvalue weighted by atomic mass is 10.2. The average molecular weight is 400 g/mol. The number of imidazole rings is 1. The van der Waals surface area contributed by atoms with Gasteiger partial charge in [0.1, 0.15) is 41.7 Å². The summed E-state index contributed by atoms with van der Waals surface area (Å²) in [6.45, 7) is 0. The van der Waals surface area contributed by atoms with Crippen LogP contribution in [-0.2, 0) is 20.4 Å². The number of carbonyl (C=O) groups is 1. The molecule has 1 unspecified atom stereocenters. The third-order valence-corrected chi connectivity index (χ3v) is 6.36. The summed E-state index contributed by atoms with van der Waals surface area (Å²) in [5.74, 6) is -0.0611. The van der Waals surface area contributed by atoms with Crippen LogP contribution in [0.3, 0.4) is 0 Å². The van der Waals surface area contributed by atoms with Crippen LogP contribution >= 0.6 is 0 Å². The zero-order valence-corrected chi connectivity index (χ0v) is 15.5. The highest BCUT2D eigenvalue weighted by atomic mass is 32.2. The standard InChI is InChI=1S/C15H22N6O5S/c1-27(3-2-7(16)15(24)25)4-8-10(22)11(23)14(26-8)21-6-20-9-12(17)18-5-19-13(9)21/h5-8,10-11,14,22-23H,2-4,16H2,1H3,(H2-,17,18,19,24,25)/t7-,8+,10+,11+,14+,27?/m0/s1/i14+2. The number of carbonyl (C=O) groups excluding carboxylic acids is 1. The molecule has 6 atom stereocenters. The van der Waals surface area contributed by atoms with E-state index in [-0.39, 0.29) is 23.1 Å². The first-order valence-corrected chi connectivity index (χ1v) is 10.3. The van der Waals surface area contributed by atoms with Crippen molar-refractivity contribution in [2.75, 3.05) is 23.5 Å². The maximum atomic E-state index is 10.7. The molecule has 0 aromatic carbocycles. The first-order chi connectivity index (χ1) is 12.8. The molecule has 0 saturated carbocycles. The number of fused-ring (bicyclic) bond motifs is 1. The van der Waals surface area contributed by atoms with E-state index in [1.54, 1.807) is 0 Å². The molecule has 1 aliphatic rings. The molecular weight excluding hydrogens is 378 g/mol. The van der Waals surface area contributed by atoms with Gasteiger partial charge in [0.15, 0.2) is 17.7 Å². The van der Waals surface area contributed by atoms with E-state index >= 15 is 0 Å². The molecule has 0 radical (unpaired) electrons. The number of ether oxygens (including phenoxy) is 1. The Balaban J connectivity index is 1.68. The number of nitrogens with zero attached hydrogens (tertiary/aromatic N) is 4. The lowest BCUT2D eigenvalue weighted by Gasteiger charge is -2.16. The molecule has 0 spiro atoms. The van der Waals surface area contributed by atoms with Gasteiger partial charge in [-0.05, 0) is 10.9 Å². The molecule has 1 fully saturated rings. The van der Waals surface area contributed by atoms with Crippen LogP contribution in [0, 0.1) is 0 Å². The van der Waals surface area contributed by atoms with Crippen LogP contribution in [0.15, 0.2) is 12.7 Å². The maximum absolute atomic E-state index is 10.7. The van der Waals surface area contributed by atoms with Gasteiger partial charge in [0.2, 0.25) is 0 Å². The molecule has 11 nitrogen and oxygen atoms in total. The van der Waals surface area contributed by atoms with Gasteiger partial charge in [-0.2, -0.15) is 0 Å². The molecule has 0 amide bonds. The van der Waals surface area contributed by atoms with Crippen molar-refractivity contribution in [1.29, 1.82) is 0 Å². The minimum absolute atomic E-state index is 0.211. The molecule has 3 rings (SSSR count). The number of aromatic nitrogens is 4. The Morgan fingerprint density at radius 3 is 2.93 bits per heavy atom. The Morgan fingerprint density at radius 1 is 1.48 bits per heavy atom. The normalized spacial score (nSPS) is 27.7.